The first-order valence-corrected chi connectivity index (χ1v) is 6.22. The summed E-state index contributed by atoms with van der Waals surface area (Å²) in [6, 6.07) is 10.4. The first-order chi connectivity index (χ1) is 8.83. The van der Waals surface area contributed by atoms with Crippen molar-refractivity contribution < 1.29 is 0 Å². The van der Waals surface area contributed by atoms with Crippen molar-refractivity contribution in [2.45, 2.75) is 19.4 Å². The molecule has 3 rings (SSSR count). The maximum absolute atomic E-state index is 5.79. The Morgan fingerprint density at radius 2 is 2.00 bits per heavy atom. The molecule has 0 bridgehead atoms. The zero-order valence-corrected chi connectivity index (χ0v) is 10.2. The summed E-state index contributed by atoms with van der Waals surface area (Å²) in [7, 11) is 0. The molecule has 0 radical (unpaired) electrons. The number of nitrogens with zero attached hydrogens (tertiary/aromatic N) is 2. The second-order valence-corrected chi connectivity index (χ2v) is 4.54. The fourth-order valence-electron chi connectivity index (χ4n) is 2.39. The van der Waals surface area contributed by atoms with Crippen LogP contribution in [0, 0.1) is 0 Å². The van der Waals surface area contributed by atoms with Gasteiger partial charge in [-0.05, 0) is 24.1 Å². The van der Waals surface area contributed by atoms with Gasteiger partial charge in [0.2, 0.25) is 5.95 Å². The predicted molar refractivity (Wildman–Crippen MR) is 71.1 cm³/mol. The largest absolute Gasteiger partial charge is 0.368 e. The van der Waals surface area contributed by atoms with Crippen LogP contribution in [0.4, 0.5) is 5.95 Å². The number of nitrogens with two attached hydrogens (primary N) is 1. The van der Waals surface area contributed by atoms with Gasteiger partial charge in [-0.1, -0.05) is 30.3 Å². The lowest BCUT2D eigenvalue weighted by Gasteiger charge is -2.19. The SMILES string of the molecule is Nc1nc2c(c(Cc3ccccc3)n1)CCNC2. The maximum atomic E-state index is 5.79. The Labute approximate surface area is 106 Å². The molecule has 4 heteroatoms. The topological polar surface area (TPSA) is 63.8 Å². The van der Waals surface area contributed by atoms with Crippen LogP contribution < -0.4 is 11.1 Å². The minimum absolute atomic E-state index is 0.378. The van der Waals surface area contributed by atoms with Gasteiger partial charge in [0.05, 0.1) is 11.4 Å². The molecule has 0 saturated heterocycles. The van der Waals surface area contributed by atoms with Crippen molar-refractivity contribution in [2.24, 2.45) is 0 Å². The van der Waals surface area contributed by atoms with Gasteiger partial charge in [-0.3, -0.25) is 0 Å². The lowest BCUT2D eigenvalue weighted by Crippen LogP contribution is -2.27. The smallest absolute Gasteiger partial charge is 0.220 e. The van der Waals surface area contributed by atoms with E-state index >= 15 is 0 Å². The van der Waals surface area contributed by atoms with Crippen LogP contribution >= 0.6 is 0 Å². The molecule has 18 heavy (non-hydrogen) atoms. The van der Waals surface area contributed by atoms with Crippen molar-refractivity contribution in [1.29, 1.82) is 0 Å². The van der Waals surface area contributed by atoms with Crippen LogP contribution in [0.3, 0.4) is 0 Å². The molecule has 0 aliphatic carbocycles. The molecule has 4 nitrogen and oxygen atoms in total. The Morgan fingerprint density at radius 3 is 2.83 bits per heavy atom. The summed E-state index contributed by atoms with van der Waals surface area (Å²) in [4.78, 5) is 8.74. The van der Waals surface area contributed by atoms with E-state index in [1.165, 1.54) is 11.1 Å². The number of aromatic nitrogens is 2. The molecule has 0 unspecified atom stereocenters. The van der Waals surface area contributed by atoms with Crippen molar-refractivity contribution in [1.82, 2.24) is 15.3 Å². The molecule has 1 aliphatic rings. The minimum atomic E-state index is 0.378. The van der Waals surface area contributed by atoms with Crippen molar-refractivity contribution in [3.63, 3.8) is 0 Å². The first kappa shape index (κ1) is 11.2. The second-order valence-electron chi connectivity index (χ2n) is 4.54. The van der Waals surface area contributed by atoms with Gasteiger partial charge in [-0.15, -0.1) is 0 Å². The van der Waals surface area contributed by atoms with E-state index in [1.807, 2.05) is 18.2 Å². The summed E-state index contributed by atoms with van der Waals surface area (Å²) in [5.74, 6) is 0.378. The molecular weight excluding hydrogens is 224 g/mol. The van der Waals surface area contributed by atoms with Gasteiger partial charge in [0.25, 0.3) is 0 Å². The molecule has 1 aromatic carbocycles. The minimum Gasteiger partial charge on any atom is -0.368 e. The van der Waals surface area contributed by atoms with E-state index in [2.05, 4.69) is 27.4 Å². The predicted octanol–water partition coefficient (Wildman–Crippen LogP) is 1.30. The van der Waals surface area contributed by atoms with Crippen molar-refractivity contribution in [3.05, 3.63) is 52.8 Å². The number of rotatable bonds is 2. The van der Waals surface area contributed by atoms with Crippen LogP contribution in [0.5, 0.6) is 0 Å². The van der Waals surface area contributed by atoms with Gasteiger partial charge in [0, 0.05) is 13.0 Å². The average molecular weight is 240 g/mol. The van der Waals surface area contributed by atoms with Crippen molar-refractivity contribution >= 4 is 5.95 Å². The van der Waals surface area contributed by atoms with Gasteiger partial charge < -0.3 is 11.1 Å². The van der Waals surface area contributed by atoms with Crippen LogP contribution in [0.25, 0.3) is 0 Å². The summed E-state index contributed by atoms with van der Waals surface area (Å²) in [5, 5.41) is 3.31. The van der Waals surface area contributed by atoms with Crippen LogP contribution in [0.2, 0.25) is 0 Å². The van der Waals surface area contributed by atoms with E-state index in [1.54, 1.807) is 0 Å². The fourth-order valence-corrected chi connectivity index (χ4v) is 2.39. The molecule has 0 spiro atoms. The third-order valence-electron chi connectivity index (χ3n) is 3.25. The molecular formula is C14H16N4. The third kappa shape index (κ3) is 2.19. The first-order valence-electron chi connectivity index (χ1n) is 6.22. The zero-order chi connectivity index (χ0) is 12.4. The Bertz CT molecular complexity index is 551. The molecule has 3 N–H and O–H groups in total. The Morgan fingerprint density at radius 1 is 1.17 bits per heavy atom. The fraction of sp³-hybridized carbons (Fsp3) is 0.286. The normalized spacial score (nSPS) is 14.2. The van der Waals surface area contributed by atoms with E-state index in [9.17, 15) is 0 Å². The van der Waals surface area contributed by atoms with Gasteiger partial charge >= 0.3 is 0 Å². The van der Waals surface area contributed by atoms with Crippen LogP contribution in [0.15, 0.2) is 30.3 Å². The van der Waals surface area contributed by atoms with E-state index in [-0.39, 0.29) is 0 Å². The molecule has 0 atom stereocenters. The highest BCUT2D eigenvalue weighted by molar-refractivity contribution is 5.36. The van der Waals surface area contributed by atoms with E-state index in [0.717, 1.165) is 37.3 Å². The standard InChI is InChI=1S/C14H16N4/c15-14-17-12(8-10-4-2-1-3-5-10)11-6-7-16-9-13(11)18-14/h1-5,16H,6-9H2,(H2,15,17,18). The van der Waals surface area contributed by atoms with E-state index in [0.29, 0.717) is 5.95 Å². The molecule has 1 aromatic heterocycles. The number of nitrogen functional groups attached to an aromatic ring is 1. The zero-order valence-electron chi connectivity index (χ0n) is 10.2. The van der Waals surface area contributed by atoms with Crippen LogP contribution in [0.1, 0.15) is 22.5 Å². The molecule has 0 saturated carbocycles. The molecule has 92 valence electrons. The van der Waals surface area contributed by atoms with Crippen LogP contribution in [-0.4, -0.2) is 16.5 Å². The highest BCUT2D eigenvalue weighted by Gasteiger charge is 2.16. The van der Waals surface area contributed by atoms with Gasteiger partial charge in [-0.2, -0.15) is 0 Å². The Kier molecular flexibility index (Phi) is 2.94. The van der Waals surface area contributed by atoms with E-state index in [4.69, 9.17) is 5.73 Å². The number of benzene rings is 1. The summed E-state index contributed by atoms with van der Waals surface area (Å²) in [6.07, 6.45) is 1.81. The summed E-state index contributed by atoms with van der Waals surface area (Å²) in [5.41, 5.74) is 10.4. The van der Waals surface area contributed by atoms with Gasteiger partial charge in [-0.25, -0.2) is 9.97 Å². The van der Waals surface area contributed by atoms with Gasteiger partial charge in [0.1, 0.15) is 0 Å². The van der Waals surface area contributed by atoms with Crippen molar-refractivity contribution in [2.75, 3.05) is 12.3 Å². The number of nitrogens with one attached hydrogen (secondary N) is 1. The molecule has 2 heterocycles. The Balaban J connectivity index is 1.98. The second kappa shape index (κ2) is 4.74. The third-order valence-corrected chi connectivity index (χ3v) is 3.25. The highest BCUT2D eigenvalue weighted by Crippen LogP contribution is 2.19. The summed E-state index contributed by atoms with van der Waals surface area (Å²) >= 11 is 0. The number of hydrogen-bond acceptors (Lipinski definition) is 4. The number of fused-ring (bicyclic) bond motifs is 1. The van der Waals surface area contributed by atoms with Crippen LogP contribution in [-0.2, 0) is 19.4 Å². The van der Waals surface area contributed by atoms with E-state index < -0.39 is 0 Å². The Hall–Kier alpha value is -1.94. The quantitative estimate of drug-likeness (QED) is 0.830. The lowest BCUT2D eigenvalue weighted by atomic mass is 9.99. The lowest BCUT2D eigenvalue weighted by molar-refractivity contribution is 0.618. The van der Waals surface area contributed by atoms with Crippen molar-refractivity contribution in [3.8, 4) is 0 Å². The monoisotopic (exact) mass is 240 g/mol. The maximum Gasteiger partial charge on any atom is 0.220 e. The number of anilines is 1. The summed E-state index contributed by atoms with van der Waals surface area (Å²) < 4.78 is 0. The summed E-state index contributed by atoms with van der Waals surface area (Å²) in [6.45, 7) is 1.78. The molecule has 2 aromatic rings. The number of hydrogen-bond donors (Lipinski definition) is 2. The van der Waals surface area contributed by atoms with Gasteiger partial charge in [0.15, 0.2) is 0 Å². The molecule has 0 fully saturated rings. The molecule has 0 amide bonds. The molecule has 1 aliphatic heterocycles. The highest BCUT2D eigenvalue weighted by atomic mass is 15.0. The average Bonchev–Trinajstić information content (AvgIpc) is 2.40.